The fourth-order valence-electron chi connectivity index (χ4n) is 1.38. The molecule has 1 fully saturated rings. The minimum absolute atomic E-state index is 0.768. The zero-order valence-corrected chi connectivity index (χ0v) is 10.3. The first-order valence-corrected chi connectivity index (χ1v) is 6.03. The van der Waals surface area contributed by atoms with Gasteiger partial charge in [-0.3, -0.25) is 0 Å². The van der Waals surface area contributed by atoms with Crippen LogP contribution in [0.4, 0.5) is 0 Å². The van der Waals surface area contributed by atoms with Gasteiger partial charge in [-0.25, -0.2) is 0 Å². The Kier molecular flexibility index (Phi) is 7.58. The number of rotatable bonds is 2. The number of hydrogen-bond donors (Lipinski definition) is 1. The molecule has 1 aliphatic heterocycles. The van der Waals surface area contributed by atoms with Crippen LogP contribution in [0.5, 0.6) is 0 Å². The summed E-state index contributed by atoms with van der Waals surface area (Å²) in [4.78, 5) is 5.31. The third kappa shape index (κ3) is 3.70. The summed E-state index contributed by atoms with van der Waals surface area (Å²) in [5, 5.41) is 0. The van der Waals surface area contributed by atoms with Gasteiger partial charge in [-0.1, -0.05) is 34.6 Å². The van der Waals surface area contributed by atoms with Crippen LogP contribution in [0.1, 0.15) is 53.9 Å². The number of allylic oxidation sites excluding steroid dienone is 1. The molecule has 0 aromatic heterocycles. The SMILES string of the molecule is CC.CC.CCC1=C(C2CC2)ONC1. The topological polar surface area (TPSA) is 21.3 Å². The van der Waals surface area contributed by atoms with E-state index in [0.29, 0.717) is 0 Å². The van der Waals surface area contributed by atoms with Crippen LogP contribution in [0.3, 0.4) is 0 Å². The van der Waals surface area contributed by atoms with Gasteiger partial charge in [0.15, 0.2) is 0 Å². The molecule has 1 N–H and O–H groups in total. The Morgan fingerprint density at radius 1 is 1.21 bits per heavy atom. The monoisotopic (exact) mass is 199 g/mol. The lowest BCUT2D eigenvalue weighted by atomic mass is 10.1. The maximum absolute atomic E-state index is 5.31. The Morgan fingerprint density at radius 3 is 2.21 bits per heavy atom. The standard InChI is InChI=1S/C8H13NO.2C2H6/c1-2-6-5-9-10-8(6)7-3-4-7;2*1-2/h7,9H,2-5H2,1H3;2*1-2H3. The molecule has 0 saturated heterocycles. The van der Waals surface area contributed by atoms with Crippen LogP contribution in [0.15, 0.2) is 11.3 Å². The minimum atomic E-state index is 0.768. The first kappa shape index (κ1) is 13.5. The second kappa shape index (κ2) is 7.86. The van der Waals surface area contributed by atoms with Crippen molar-refractivity contribution < 1.29 is 4.84 Å². The molecule has 2 heteroatoms. The summed E-state index contributed by atoms with van der Waals surface area (Å²) in [5.74, 6) is 2.02. The van der Waals surface area contributed by atoms with Gasteiger partial charge in [0.2, 0.25) is 0 Å². The van der Waals surface area contributed by atoms with Gasteiger partial charge in [-0.05, 0) is 24.8 Å². The molecule has 1 saturated carbocycles. The summed E-state index contributed by atoms with van der Waals surface area (Å²) < 4.78 is 0. The van der Waals surface area contributed by atoms with Crippen LogP contribution in [-0.4, -0.2) is 6.54 Å². The fraction of sp³-hybridized carbons (Fsp3) is 0.833. The van der Waals surface area contributed by atoms with Crippen LogP contribution in [0, 0.1) is 5.92 Å². The lowest BCUT2D eigenvalue weighted by Gasteiger charge is -1.99. The summed E-state index contributed by atoms with van der Waals surface area (Å²) in [6.07, 6.45) is 3.81. The largest absolute Gasteiger partial charge is 0.413 e. The molecule has 0 aromatic carbocycles. The molecule has 84 valence electrons. The van der Waals surface area contributed by atoms with Gasteiger partial charge in [0.05, 0.1) is 6.54 Å². The third-order valence-corrected chi connectivity index (χ3v) is 2.19. The summed E-state index contributed by atoms with van der Waals surface area (Å²) in [6.45, 7) is 11.1. The van der Waals surface area contributed by atoms with Crippen LogP contribution >= 0.6 is 0 Å². The molecule has 0 amide bonds. The number of hydrogen-bond acceptors (Lipinski definition) is 2. The molecule has 0 unspecified atom stereocenters. The second-order valence-electron chi connectivity index (χ2n) is 3.02. The summed E-state index contributed by atoms with van der Waals surface area (Å²) in [7, 11) is 0. The van der Waals surface area contributed by atoms with Crippen LogP contribution in [-0.2, 0) is 4.84 Å². The van der Waals surface area contributed by atoms with Crippen molar-refractivity contribution in [3.63, 3.8) is 0 Å². The number of nitrogens with one attached hydrogen (secondary N) is 1. The van der Waals surface area contributed by atoms with E-state index in [2.05, 4.69) is 12.4 Å². The molecule has 0 radical (unpaired) electrons. The lowest BCUT2D eigenvalue weighted by molar-refractivity contribution is 0.128. The first-order valence-electron chi connectivity index (χ1n) is 6.03. The zero-order chi connectivity index (χ0) is 11.0. The molecule has 0 atom stereocenters. The fourth-order valence-corrected chi connectivity index (χ4v) is 1.38. The van der Waals surface area contributed by atoms with Crippen molar-refractivity contribution in [3.05, 3.63) is 11.3 Å². The molecule has 14 heavy (non-hydrogen) atoms. The number of hydroxylamine groups is 1. The summed E-state index contributed by atoms with van der Waals surface area (Å²) in [6, 6.07) is 0. The van der Waals surface area contributed by atoms with Gasteiger partial charge in [0.1, 0.15) is 5.76 Å². The molecular formula is C12H25NO. The Morgan fingerprint density at radius 2 is 1.79 bits per heavy atom. The van der Waals surface area contributed by atoms with Crippen molar-refractivity contribution in [2.75, 3.05) is 6.54 Å². The lowest BCUT2D eigenvalue weighted by Crippen LogP contribution is -2.06. The zero-order valence-electron chi connectivity index (χ0n) is 10.3. The maximum atomic E-state index is 5.31. The highest BCUT2D eigenvalue weighted by atomic mass is 16.7. The van der Waals surface area contributed by atoms with Crippen molar-refractivity contribution in [2.24, 2.45) is 5.92 Å². The predicted octanol–water partition coefficient (Wildman–Crippen LogP) is 3.65. The van der Waals surface area contributed by atoms with Crippen LogP contribution in [0.2, 0.25) is 0 Å². The molecule has 2 aliphatic rings. The van der Waals surface area contributed by atoms with Crippen molar-refractivity contribution >= 4 is 0 Å². The normalized spacial score (nSPS) is 18.9. The van der Waals surface area contributed by atoms with E-state index in [-0.39, 0.29) is 0 Å². The molecule has 0 spiro atoms. The molecule has 0 bridgehead atoms. The van der Waals surface area contributed by atoms with E-state index in [0.717, 1.165) is 18.9 Å². The van der Waals surface area contributed by atoms with Gasteiger partial charge in [-0.2, -0.15) is 5.48 Å². The summed E-state index contributed by atoms with van der Waals surface area (Å²) >= 11 is 0. The van der Waals surface area contributed by atoms with Gasteiger partial charge in [0, 0.05) is 5.92 Å². The van der Waals surface area contributed by atoms with Gasteiger partial charge in [0.25, 0.3) is 0 Å². The Labute approximate surface area is 88.7 Å². The van der Waals surface area contributed by atoms with E-state index in [1.807, 2.05) is 27.7 Å². The molecule has 0 aromatic rings. The predicted molar refractivity (Wildman–Crippen MR) is 61.8 cm³/mol. The Bertz CT molecular complexity index is 171. The van der Waals surface area contributed by atoms with Crippen LogP contribution < -0.4 is 5.48 Å². The van der Waals surface area contributed by atoms with E-state index < -0.39 is 0 Å². The van der Waals surface area contributed by atoms with Crippen molar-refractivity contribution in [1.82, 2.24) is 5.48 Å². The highest BCUT2D eigenvalue weighted by Crippen LogP contribution is 2.40. The van der Waals surface area contributed by atoms with E-state index >= 15 is 0 Å². The highest BCUT2D eigenvalue weighted by Gasteiger charge is 2.32. The maximum Gasteiger partial charge on any atom is 0.127 e. The molecule has 2 rings (SSSR count). The first-order chi connectivity index (χ1) is 6.92. The Balaban J connectivity index is 0.000000379. The van der Waals surface area contributed by atoms with Gasteiger partial charge in [-0.15, -0.1) is 0 Å². The van der Waals surface area contributed by atoms with E-state index in [4.69, 9.17) is 4.84 Å². The quantitative estimate of drug-likeness (QED) is 0.733. The average Bonchev–Trinajstić information content (AvgIpc) is 3.02. The smallest absolute Gasteiger partial charge is 0.127 e. The minimum Gasteiger partial charge on any atom is -0.413 e. The molecule has 1 heterocycles. The van der Waals surface area contributed by atoms with Crippen molar-refractivity contribution in [2.45, 2.75) is 53.9 Å². The van der Waals surface area contributed by atoms with Crippen molar-refractivity contribution in [3.8, 4) is 0 Å². The average molecular weight is 199 g/mol. The second-order valence-corrected chi connectivity index (χ2v) is 3.02. The molecule has 1 aliphatic carbocycles. The third-order valence-electron chi connectivity index (χ3n) is 2.19. The van der Waals surface area contributed by atoms with Gasteiger partial charge < -0.3 is 4.84 Å². The Hall–Kier alpha value is -0.500. The van der Waals surface area contributed by atoms with E-state index in [1.54, 1.807) is 0 Å². The van der Waals surface area contributed by atoms with E-state index in [1.165, 1.54) is 24.2 Å². The van der Waals surface area contributed by atoms with E-state index in [9.17, 15) is 0 Å². The highest BCUT2D eigenvalue weighted by molar-refractivity contribution is 5.18. The van der Waals surface area contributed by atoms with Gasteiger partial charge >= 0.3 is 0 Å². The molecular weight excluding hydrogens is 174 g/mol. The van der Waals surface area contributed by atoms with Crippen molar-refractivity contribution in [1.29, 1.82) is 0 Å². The summed E-state index contributed by atoms with van der Waals surface area (Å²) in [5.41, 5.74) is 4.40. The molecule has 2 nitrogen and oxygen atoms in total. The van der Waals surface area contributed by atoms with Crippen LogP contribution in [0.25, 0.3) is 0 Å².